The molecule has 3 heterocycles. The molecule has 154 valence electrons. The summed E-state index contributed by atoms with van der Waals surface area (Å²) in [5.41, 5.74) is 1.16. The number of nitrogens with zero attached hydrogens (tertiary/aromatic N) is 3. The van der Waals surface area contributed by atoms with E-state index < -0.39 is 0 Å². The van der Waals surface area contributed by atoms with Crippen molar-refractivity contribution in [3.8, 4) is 11.6 Å². The summed E-state index contributed by atoms with van der Waals surface area (Å²) >= 11 is 5.03. The molecule has 0 aliphatic heterocycles. The predicted octanol–water partition coefficient (Wildman–Crippen LogP) is 6.20. The fraction of sp³-hybridized carbons (Fsp3) is 0.318. The molecule has 0 unspecified atom stereocenters. The highest BCUT2D eigenvalue weighted by Gasteiger charge is 2.25. The standard InChI is InChI=1S/C22H20BrN3O3S/c23-15-8-9-17-14(11-20(27)29-19(17)12-15)13-30-22-25-24-21(18-7-4-10-28-18)26(22)16-5-2-1-3-6-16/h4,7-12,16H,1-3,5-6,13H2. The van der Waals surface area contributed by atoms with Crippen LogP contribution in [-0.4, -0.2) is 14.8 Å². The predicted molar refractivity (Wildman–Crippen MR) is 120 cm³/mol. The summed E-state index contributed by atoms with van der Waals surface area (Å²) in [5.74, 6) is 2.11. The molecule has 0 spiro atoms. The van der Waals surface area contributed by atoms with Crippen LogP contribution in [0.3, 0.4) is 0 Å². The molecule has 0 atom stereocenters. The fourth-order valence-electron chi connectivity index (χ4n) is 4.08. The molecule has 0 N–H and O–H groups in total. The highest BCUT2D eigenvalue weighted by atomic mass is 79.9. The molecule has 1 fully saturated rings. The summed E-state index contributed by atoms with van der Waals surface area (Å²) in [5, 5.41) is 10.7. The Balaban J connectivity index is 1.50. The van der Waals surface area contributed by atoms with Gasteiger partial charge in [0.1, 0.15) is 5.58 Å². The minimum Gasteiger partial charge on any atom is -0.461 e. The Labute approximate surface area is 185 Å². The number of hydrogen-bond donors (Lipinski definition) is 0. The molecule has 1 aromatic carbocycles. The molecule has 0 radical (unpaired) electrons. The molecule has 30 heavy (non-hydrogen) atoms. The summed E-state index contributed by atoms with van der Waals surface area (Å²) < 4.78 is 14.1. The van der Waals surface area contributed by atoms with Crippen LogP contribution in [0.15, 0.2) is 65.9 Å². The van der Waals surface area contributed by atoms with E-state index in [2.05, 4.69) is 30.7 Å². The summed E-state index contributed by atoms with van der Waals surface area (Å²) in [6.07, 6.45) is 7.60. The first-order chi connectivity index (χ1) is 14.7. The monoisotopic (exact) mass is 485 g/mol. The SMILES string of the molecule is O=c1cc(CSc2nnc(-c3ccco3)n2C2CCCCC2)c2ccc(Br)cc2o1. The van der Waals surface area contributed by atoms with Crippen molar-refractivity contribution in [3.63, 3.8) is 0 Å². The number of fused-ring (bicyclic) bond motifs is 1. The molecule has 1 saturated carbocycles. The smallest absolute Gasteiger partial charge is 0.336 e. The largest absolute Gasteiger partial charge is 0.461 e. The molecular weight excluding hydrogens is 466 g/mol. The van der Waals surface area contributed by atoms with Crippen molar-refractivity contribution in [3.05, 3.63) is 63.1 Å². The summed E-state index contributed by atoms with van der Waals surface area (Å²) in [6.45, 7) is 0. The van der Waals surface area contributed by atoms with E-state index in [4.69, 9.17) is 8.83 Å². The van der Waals surface area contributed by atoms with Gasteiger partial charge in [0.15, 0.2) is 10.9 Å². The maximum Gasteiger partial charge on any atom is 0.336 e. The van der Waals surface area contributed by atoms with Crippen LogP contribution in [0.2, 0.25) is 0 Å². The maximum atomic E-state index is 12.1. The normalized spacial score (nSPS) is 15.1. The fourth-order valence-corrected chi connectivity index (χ4v) is 5.42. The lowest BCUT2D eigenvalue weighted by atomic mass is 9.95. The quantitative estimate of drug-likeness (QED) is 0.247. The second-order valence-electron chi connectivity index (χ2n) is 7.47. The zero-order valence-corrected chi connectivity index (χ0v) is 18.6. The van der Waals surface area contributed by atoms with Gasteiger partial charge in [0.05, 0.1) is 6.26 Å². The Hall–Kier alpha value is -2.32. The zero-order chi connectivity index (χ0) is 20.5. The Morgan fingerprint density at radius 3 is 2.80 bits per heavy atom. The maximum absolute atomic E-state index is 12.1. The third-order valence-corrected chi connectivity index (χ3v) is 6.98. The number of halogens is 1. The average molecular weight is 486 g/mol. The van der Waals surface area contributed by atoms with Gasteiger partial charge in [0, 0.05) is 27.7 Å². The van der Waals surface area contributed by atoms with E-state index in [1.807, 2.05) is 30.3 Å². The average Bonchev–Trinajstić information content (AvgIpc) is 3.42. The summed E-state index contributed by atoms with van der Waals surface area (Å²) in [7, 11) is 0. The van der Waals surface area contributed by atoms with E-state index in [9.17, 15) is 4.79 Å². The van der Waals surface area contributed by atoms with Crippen molar-refractivity contribution in [2.24, 2.45) is 0 Å². The van der Waals surface area contributed by atoms with Crippen molar-refractivity contribution in [2.45, 2.75) is 49.1 Å². The van der Waals surface area contributed by atoms with Crippen LogP contribution in [0.25, 0.3) is 22.6 Å². The third-order valence-electron chi connectivity index (χ3n) is 5.49. The molecule has 0 amide bonds. The molecule has 0 bridgehead atoms. The minimum atomic E-state index is -0.346. The van der Waals surface area contributed by atoms with Crippen molar-refractivity contribution in [1.29, 1.82) is 0 Å². The number of rotatable bonds is 5. The van der Waals surface area contributed by atoms with E-state index in [0.29, 0.717) is 17.4 Å². The van der Waals surface area contributed by atoms with Crippen LogP contribution < -0.4 is 5.63 Å². The summed E-state index contributed by atoms with van der Waals surface area (Å²) in [6, 6.07) is 11.5. The number of thioether (sulfide) groups is 1. The molecule has 6 nitrogen and oxygen atoms in total. The van der Waals surface area contributed by atoms with Gasteiger partial charge in [-0.15, -0.1) is 10.2 Å². The van der Waals surface area contributed by atoms with Crippen LogP contribution in [-0.2, 0) is 5.75 Å². The lowest BCUT2D eigenvalue weighted by Crippen LogP contribution is -2.15. The molecule has 8 heteroatoms. The first kappa shape index (κ1) is 19.6. The number of furan rings is 1. The van der Waals surface area contributed by atoms with E-state index in [0.717, 1.165) is 45.0 Å². The van der Waals surface area contributed by atoms with Crippen molar-refractivity contribution in [1.82, 2.24) is 14.8 Å². The van der Waals surface area contributed by atoms with Gasteiger partial charge in [-0.3, -0.25) is 4.57 Å². The highest BCUT2D eigenvalue weighted by molar-refractivity contribution is 9.10. The van der Waals surface area contributed by atoms with E-state index in [1.54, 1.807) is 24.1 Å². The lowest BCUT2D eigenvalue weighted by molar-refractivity contribution is 0.337. The van der Waals surface area contributed by atoms with Gasteiger partial charge < -0.3 is 8.83 Å². The minimum absolute atomic E-state index is 0.346. The molecule has 5 rings (SSSR count). The van der Waals surface area contributed by atoms with Crippen LogP contribution in [0, 0.1) is 0 Å². The molecule has 3 aromatic heterocycles. The van der Waals surface area contributed by atoms with Gasteiger partial charge in [0.25, 0.3) is 0 Å². The number of aromatic nitrogens is 3. The third kappa shape index (κ3) is 3.86. The van der Waals surface area contributed by atoms with Crippen molar-refractivity contribution in [2.75, 3.05) is 0 Å². The lowest BCUT2D eigenvalue weighted by Gasteiger charge is -2.25. The van der Waals surface area contributed by atoms with E-state index >= 15 is 0 Å². The van der Waals surface area contributed by atoms with Crippen molar-refractivity contribution >= 4 is 38.7 Å². The number of hydrogen-bond acceptors (Lipinski definition) is 6. The van der Waals surface area contributed by atoms with E-state index in [-0.39, 0.29) is 5.63 Å². The van der Waals surface area contributed by atoms with Crippen molar-refractivity contribution < 1.29 is 8.83 Å². The highest BCUT2D eigenvalue weighted by Crippen LogP contribution is 2.37. The molecular formula is C22H20BrN3O3S. The van der Waals surface area contributed by atoms with Crippen LogP contribution in [0.1, 0.15) is 43.7 Å². The Kier molecular flexibility index (Phi) is 5.52. The molecule has 4 aromatic rings. The second-order valence-corrected chi connectivity index (χ2v) is 9.32. The Morgan fingerprint density at radius 1 is 1.13 bits per heavy atom. The molecule has 1 aliphatic carbocycles. The first-order valence-electron chi connectivity index (χ1n) is 10.0. The first-order valence-corrected chi connectivity index (χ1v) is 11.8. The Bertz CT molecular complexity index is 1230. The van der Waals surface area contributed by atoms with Gasteiger partial charge in [-0.25, -0.2) is 4.79 Å². The van der Waals surface area contributed by atoms with Gasteiger partial charge in [0.2, 0.25) is 5.82 Å². The van der Waals surface area contributed by atoms with E-state index in [1.165, 1.54) is 19.3 Å². The topological polar surface area (TPSA) is 74.1 Å². The van der Waals surface area contributed by atoms with Gasteiger partial charge in [-0.1, -0.05) is 47.0 Å². The van der Waals surface area contributed by atoms with Crippen LogP contribution >= 0.6 is 27.7 Å². The molecule has 1 aliphatic rings. The second kappa shape index (κ2) is 8.43. The van der Waals surface area contributed by atoms with Gasteiger partial charge in [-0.05, 0) is 48.7 Å². The molecule has 0 saturated heterocycles. The number of benzene rings is 1. The Morgan fingerprint density at radius 2 is 2.00 bits per heavy atom. The van der Waals surface area contributed by atoms with Crippen LogP contribution in [0.4, 0.5) is 0 Å². The zero-order valence-electron chi connectivity index (χ0n) is 16.2. The van der Waals surface area contributed by atoms with Gasteiger partial charge in [-0.2, -0.15) is 0 Å². The summed E-state index contributed by atoms with van der Waals surface area (Å²) in [4.78, 5) is 12.1. The van der Waals surface area contributed by atoms with Gasteiger partial charge >= 0.3 is 5.63 Å². The van der Waals surface area contributed by atoms with Crippen LogP contribution in [0.5, 0.6) is 0 Å².